The first kappa shape index (κ1) is 14.1. The van der Waals surface area contributed by atoms with Gasteiger partial charge in [-0.25, -0.2) is 0 Å². The Morgan fingerprint density at radius 3 is 3.04 bits per heavy atom. The molecule has 0 spiro atoms. The second-order valence-corrected chi connectivity index (χ2v) is 5.56. The highest BCUT2D eigenvalue weighted by Gasteiger charge is 2.16. The number of carbonyl (C=O) groups excluding carboxylic acids is 1. The number of carbonyl (C=O) groups is 1. The number of aromatic amines is 1. The summed E-state index contributed by atoms with van der Waals surface area (Å²) >= 11 is 0. The van der Waals surface area contributed by atoms with Gasteiger partial charge in [-0.15, -0.1) is 0 Å². The number of nitrogens with one attached hydrogen (secondary N) is 3. The molecule has 120 valence electrons. The predicted octanol–water partition coefficient (Wildman–Crippen LogP) is 0.499. The van der Waals surface area contributed by atoms with Gasteiger partial charge in [0.05, 0.1) is 11.6 Å². The smallest absolute Gasteiger partial charge is 0.255 e. The third kappa shape index (κ3) is 2.39. The molecule has 1 aliphatic heterocycles. The lowest BCUT2D eigenvalue weighted by Gasteiger charge is -2.14. The molecule has 2 aliphatic rings. The third-order valence-electron chi connectivity index (χ3n) is 3.90. The van der Waals surface area contributed by atoms with Gasteiger partial charge in [-0.2, -0.15) is 10.2 Å². The van der Waals surface area contributed by atoms with Gasteiger partial charge in [0.25, 0.3) is 5.91 Å². The Morgan fingerprint density at radius 1 is 1.29 bits per heavy atom. The first-order chi connectivity index (χ1) is 11.6. The highest BCUT2D eigenvalue weighted by Crippen LogP contribution is 2.19. The molecular formula is C16H15N7O. The molecule has 8 heteroatoms. The van der Waals surface area contributed by atoms with Gasteiger partial charge >= 0.3 is 0 Å². The molecule has 1 amide bonds. The molecule has 0 fully saturated rings. The van der Waals surface area contributed by atoms with Crippen molar-refractivity contribution < 1.29 is 4.79 Å². The largest absolute Gasteiger partial charge is 0.382 e. The van der Waals surface area contributed by atoms with E-state index in [-0.39, 0.29) is 11.9 Å². The van der Waals surface area contributed by atoms with Gasteiger partial charge in [-0.1, -0.05) is 6.08 Å². The summed E-state index contributed by atoms with van der Waals surface area (Å²) in [5.74, 6) is 0.561. The quantitative estimate of drug-likeness (QED) is 0.549. The van der Waals surface area contributed by atoms with E-state index in [1.807, 2.05) is 18.2 Å². The van der Waals surface area contributed by atoms with Crippen LogP contribution in [0.25, 0.3) is 10.9 Å². The average molecular weight is 321 g/mol. The van der Waals surface area contributed by atoms with Crippen LogP contribution in [-0.4, -0.2) is 28.0 Å². The number of rotatable bonds is 2. The summed E-state index contributed by atoms with van der Waals surface area (Å²) < 4.78 is 0. The van der Waals surface area contributed by atoms with E-state index in [2.05, 4.69) is 26.0 Å². The normalized spacial score (nSPS) is 19.0. The van der Waals surface area contributed by atoms with Gasteiger partial charge in [-0.3, -0.25) is 15.3 Å². The van der Waals surface area contributed by atoms with Crippen molar-refractivity contribution in [2.75, 3.05) is 5.73 Å². The summed E-state index contributed by atoms with van der Waals surface area (Å²) in [6.07, 6.45) is 7.45. The van der Waals surface area contributed by atoms with Crippen LogP contribution in [0.4, 0.5) is 5.82 Å². The molecule has 2 bridgehead atoms. The molecule has 4 rings (SSSR count). The van der Waals surface area contributed by atoms with E-state index >= 15 is 0 Å². The number of amidine groups is 1. The molecule has 0 saturated carbocycles. The van der Waals surface area contributed by atoms with E-state index in [0.717, 1.165) is 11.0 Å². The van der Waals surface area contributed by atoms with Crippen LogP contribution in [0.1, 0.15) is 10.4 Å². The number of hydrazone groups is 1. The number of anilines is 1. The number of nitrogen functional groups attached to an aromatic ring is 1. The Kier molecular flexibility index (Phi) is 3.09. The Morgan fingerprint density at radius 2 is 2.17 bits per heavy atom. The lowest BCUT2D eigenvalue weighted by Crippen LogP contribution is -2.30. The molecule has 1 aromatic carbocycles. The third-order valence-corrected chi connectivity index (χ3v) is 3.90. The van der Waals surface area contributed by atoms with E-state index in [9.17, 15) is 4.79 Å². The Labute approximate surface area is 137 Å². The second kappa shape index (κ2) is 5.27. The number of fused-ring (bicyclic) bond motifs is 2. The second-order valence-electron chi connectivity index (χ2n) is 5.56. The van der Waals surface area contributed by atoms with Crippen molar-refractivity contribution in [2.45, 2.75) is 6.04 Å². The van der Waals surface area contributed by atoms with Crippen molar-refractivity contribution in [1.82, 2.24) is 20.9 Å². The van der Waals surface area contributed by atoms with Gasteiger partial charge in [0, 0.05) is 22.2 Å². The van der Waals surface area contributed by atoms with Gasteiger partial charge in [0.1, 0.15) is 5.84 Å². The number of hydrogen-bond donors (Lipinski definition) is 5. The van der Waals surface area contributed by atoms with Crippen molar-refractivity contribution in [2.24, 2.45) is 10.8 Å². The minimum Gasteiger partial charge on any atom is -0.382 e. The maximum atomic E-state index is 12.5. The highest BCUT2D eigenvalue weighted by atomic mass is 16.1. The van der Waals surface area contributed by atoms with Crippen LogP contribution in [0.2, 0.25) is 0 Å². The lowest BCUT2D eigenvalue weighted by atomic mass is 10.1. The fourth-order valence-corrected chi connectivity index (χ4v) is 2.63. The molecule has 7 N–H and O–H groups in total. The maximum absolute atomic E-state index is 12.5. The topological polar surface area (TPSA) is 134 Å². The van der Waals surface area contributed by atoms with Crippen LogP contribution in [-0.2, 0) is 0 Å². The van der Waals surface area contributed by atoms with Gasteiger partial charge in [0.15, 0.2) is 5.82 Å². The van der Waals surface area contributed by atoms with Crippen molar-refractivity contribution in [3.63, 3.8) is 0 Å². The zero-order chi connectivity index (χ0) is 16.7. The maximum Gasteiger partial charge on any atom is 0.255 e. The Hall–Kier alpha value is -3.55. The van der Waals surface area contributed by atoms with Gasteiger partial charge in [0.2, 0.25) is 0 Å². The predicted molar refractivity (Wildman–Crippen MR) is 91.8 cm³/mol. The summed E-state index contributed by atoms with van der Waals surface area (Å²) in [6.45, 7) is 0. The highest BCUT2D eigenvalue weighted by molar-refractivity contribution is 6.02. The number of aromatic nitrogens is 2. The van der Waals surface area contributed by atoms with E-state index in [4.69, 9.17) is 11.5 Å². The molecule has 2 aromatic rings. The molecule has 0 radical (unpaired) electrons. The summed E-state index contributed by atoms with van der Waals surface area (Å²) in [5, 5.41) is 14.4. The van der Waals surface area contributed by atoms with Crippen LogP contribution in [0.15, 0.2) is 58.9 Å². The Balaban J connectivity index is 1.60. The fraction of sp³-hybridized carbons (Fsp3) is 0.0625. The fourth-order valence-electron chi connectivity index (χ4n) is 2.63. The Bertz CT molecular complexity index is 964. The number of nitrogens with zero attached hydrogens (tertiary/aromatic N) is 2. The van der Waals surface area contributed by atoms with Crippen molar-refractivity contribution in [1.29, 1.82) is 0 Å². The number of nitrogens with two attached hydrogens (primary N) is 2. The lowest BCUT2D eigenvalue weighted by molar-refractivity contribution is 0.0967. The minimum absolute atomic E-state index is 0.0396. The molecular weight excluding hydrogens is 306 g/mol. The van der Waals surface area contributed by atoms with Crippen LogP contribution in [0, 0.1) is 0 Å². The van der Waals surface area contributed by atoms with Crippen molar-refractivity contribution in [3.8, 4) is 0 Å². The van der Waals surface area contributed by atoms with E-state index in [0.29, 0.717) is 28.4 Å². The molecule has 8 nitrogen and oxygen atoms in total. The van der Waals surface area contributed by atoms with E-state index < -0.39 is 0 Å². The zero-order valence-electron chi connectivity index (χ0n) is 12.6. The first-order valence-electron chi connectivity index (χ1n) is 7.36. The molecule has 1 aliphatic carbocycles. The van der Waals surface area contributed by atoms with E-state index in [1.165, 1.54) is 0 Å². The van der Waals surface area contributed by atoms with Crippen LogP contribution in [0.5, 0.6) is 0 Å². The molecule has 2 heterocycles. The number of amides is 1. The summed E-state index contributed by atoms with van der Waals surface area (Å²) in [6, 6.07) is 5.15. The standard InChI is InChI=1S/C16H15N7O/c17-14-9-5-10(2-3-11(6-9)20-22-14)19-16(24)8-1-4-12-13(7-8)21-23-15(12)18/h1-7,11,20H,(H2,17,22)(H,19,24)(H3,18,21,23). The summed E-state index contributed by atoms with van der Waals surface area (Å²) in [7, 11) is 0. The summed E-state index contributed by atoms with van der Waals surface area (Å²) in [4.78, 5) is 12.5. The first-order valence-corrected chi connectivity index (χ1v) is 7.36. The van der Waals surface area contributed by atoms with Gasteiger partial charge in [-0.05, 0) is 36.4 Å². The minimum atomic E-state index is -0.235. The number of benzene rings is 1. The average Bonchev–Trinajstić information content (AvgIpc) is 2.86. The molecule has 1 atom stereocenters. The molecule has 1 aromatic heterocycles. The molecule has 0 saturated heterocycles. The monoisotopic (exact) mass is 321 g/mol. The summed E-state index contributed by atoms with van der Waals surface area (Å²) in [5.41, 5.74) is 17.1. The van der Waals surface area contributed by atoms with Crippen molar-refractivity contribution in [3.05, 3.63) is 59.3 Å². The van der Waals surface area contributed by atoms with Crippen molar-refractivity contribution >= 4 is 28.5 Å². The number of H-pyrrole nitrogens is 1. The van der Waals surface area contributed by atoms with E-state index in [1.54, 1.807) is 24.3 Å². The number of hydrogen-bond acceptors (Lipinski definition) is 6. The molecule has 1 unspecified atom stereocenters. The van der Waals surface area contributed by atoms with Crippen LogP contribution >= 0.6 is 0 Å². The number of allylic oxidation sites excluding steroid dienone is 1. The SMILES string of the molecule is NC1=NNC2C=CC(NC(=O)c3ccc4c(N)n[nH]c4c3)=CC1=C2. The van der Waals surface area contributed by atoms with Gasteiger partial charge < -0.3 is 16.8 Å². The zero-order valence-corrected chi connectivity index (χ0v) is 12.6. The van der Waals surface area contributed by atoms with Crippen LogP contribution in [0.3, 0.4) is 0 Å². The van der Waals surface area contributed by atoms with Crippen LogP contribution < -0.4 is 22.2 Å². The molecule has 24 heavy (non-hydrogen) atoms.